The van der Waals surface area contributed by atoms with Gasteiger partial charge < -0.3 is 0 Å². The molecule has 2 radical (unpaired) electrons. The van der Waals surface area contributed by atoms with Gasteiger partial charge in [0, 0.05) is 1.43 Å². The lowest BCUT2D eigenvalue weighted by atomic mass is 10.2. The van der Waals surface area contributed by atoms with E-state index in [1.807, 2.05) is 0 Å². The van der Waals surface area contributed by atoms with Gasteiger partial charge in [0.15, 0.2) is 0 Å². The molecule has 1 saturated carbocycles. The molecule has 1 aliphatic rings. The Labute approximate surface area is 46.0 Å². The number of allylic oxidation sites excluding steroid dienone is 1. The van der Waals surface area contributed by atoms with E-state index in [1.165, 1.54) is 31.3 Å². The first-order valence-corrected chi connectivity index (χ1v) is 2.75. The molecule has 0 aromatic rings. The predicted molar refractivity (Wildman–Crippen MR) is 30.9 cm³/mol. The highest BCUT2D eigenvalue weighted by atomic mass is 14.1. The van der Waals surface area contributed by atoms with Crippen molar-refractivity contribution in [2.75, 3.05) is 0 Å². The largest absolute Gasteiger partial charge is 0.121 e. The van der Waals surface area contributed by atoms with Gasteiger partial charge in [-0.25, -0.2) is 0 Å². The van der Waals surface area contributed by atoms with Crippen LogP contribution in [0.2, 0.25) is 0 Å². The summed E-state index contributed by atoms with van der Waals surface area (Å²) in [6.07, 6.45) is 5.02. The minimum absolute atomic E-state index is 0. The molecular formula is C7H10. The molecule has 0 nitrogen and oxygen atoms in total. The Kier molecular flexibility index (Phi) is 1.33. The molecule has 7 heavy (non-hydrogen) atoms. The van der Waals surface area contributed by atoms with Crippen molar-refractivity contribution in [2.24, 2.45) is 0 Å². The van der Waals surface area contributed by atoms with E-state index in [2.05, 4.69) is 5.73 Å². The molecule has 0 aromatic heterocycles. The second kappa shape index (κ2) is 1.99. The van der Waals surface area contributed by atoms with Gasteiger partial charge in [0.05, 0.1) is 0 Å². The average Bonchev–Trinajstić information content (AvgIpc) is 2.14. The van der Waals surface area contributed by atoms with Gasteiger partial charge in [0.2, 0.25) is 0 Å². The van der Waals surface area contributed by atoms with Gasteiger partial charge in [-0.2, -0.15) is 0 Å². The molecule has 1 aliphatic carbocycles. The molecule has 0 aliphatic heterocycles. The lowest BCUT2D eigenvalue weighted by Gasteiger charge is -1.80. The van der Waals surface area contributed by atoms with Gasteiger partial charge in [-0.05, 0) is 37.8 Å². The van der Waals surface area contributed by atoms with Gasteiger partial charge in [-0.1, -0.05) is 0 Å². The zero-order chi connectivity index (χ0) is 5.11. The third-order valence-electron chi connectivity index (χ3n) is 1.41. The molecule has 1 fully saturated rings. The van der Waals surface area contributed by atoms with E-state index < -0.39 is 0 Å². The molecule has 0 aromatic carbocycles. The van der Waals surface area contributed by atoms with Gasteiger partial charge >= 0.3 is 0 Å². The highest BCUT2D eigenvalue weighted by Crippen LogP contribution is 2.21. The summed E-state index contributed by atoms with van der Waals surface area (Å²) in [6, 6.07) is 0. The van der Waals surface area contributed by atoms with Gasteiger partial charge in [0.1, 0.15) is 0 Å². The van der Waals surface area contributed by atoms with Crippen molar-refractivity contribution in [3.05, 3.63) is 17.9 Å². The fourth-order valence-electron chi connectivity index (χ4n) is 0.946. The first-order chi connectivity index (χ1) is 3.43. The number of hydrogen-bond acceptors (Lipinski definition) is 0. The average molecular weight is 94.2 g/mol. The topological polar surface area (TPSA) is 0 Å². The summed E-state index contributed by atoms with van der Waals surface area (Å²) >= 11 is 0. The Bertz CT molecular complexity index is 102. The van der Waals surface area contributed by atoms with Crippen molar-refractivity contribution in [3.8, 4) is 0 Å². The van der Waals surface area contributed by atoms with E-state index in [-0.39, 0.29) is 1.43 Å². The molecule has 1 rings (SSSR count). The third-order valence-corrected chi connectivity index (χ3v) is 1.41. The summed E-state index contributed by atoms with van der Waals surface area (Å²) in [5.74, 6) is 0. The molecule has 0 atom stereocenters. The molecule has 0 amide bonds. The number of hydrogen-bond donors (Lipinski definition) is 0. The van der Waals surface area contributed by atoms with Crippen molar-refractivity contribution in [3.63, 3.8) is 0 Å². The molecular weight excluding hydrogens is 84.1 g/mol. The Morgan fingerprint density at radius 3 is 2.29 bits per heavy atom. The molecule has 0 saturated heterocycles. The summed E-state index contributed by atoms with van der Waals surface area (Å²) in [4.78, 5) is 0. The lowest BCUT2D eigenvalue weighted by molar-refractivity contribution is 0.886. The SMILES string of the molecule is [CH]=C=C1CCCC1.[H]. The summed E-state index contributed by atoms with van der Waals surface area (Å²) in [5, 5.41) is 0. The van der Waals surface area contributed by atoms with Crippen LogP contribution in [0, 0.1) is 6.58 Å². The van der Waals surface area contributed by atoms with Crippen LogP contribution in [0.3, 0.4) is 0 Å². The van der Waals surface area contributed by atoms with Gasteiger partial charge in [-0.15, -0.1) is 5.73 Å². The van der Waals surface area contributed by atoms with Crippen LogP contribution in [0.25, 0.3) is 0 Å². The predicted octanol–water partition coefficient (Wildman–Crippen LogP) is 2.19. The van der Waals surface area contributed by atoms with Crippen molar-refractivity contribution in [1.29, 1.82) is 0 Å². The fraction of sp³-hybridized carbons (Fsp3) is 0.571. The van der Waals surface area contributed by atoms with Crippen molar-refractivity contribution >= 4 is 0 Å². The van der Waals surface area contributed by atoms with E-state index in [9.17, 15) is 0 Å². The quantitative estimate of drug-likeness (QED) is 0.403. The standard InChI is InChI=1S/C7H9.H/c1-2-7-5-3-4-6-7;/h1H,3-6H2;. The minimum atomic E-state index is 0. The zero-order valence-corrected chi connectivity index (χ0v) is 4.41. The lowest BCUT2D eigenvalue weighted by Crippen LogP contribution is -1.61. The van der Waals surface area contributed by atoms with Crippen LogP contribution >= 0.6 is 0 Å². The van der Waals surface area contributed by atoms with Crippen molar-refractivity contribution < 1.29 is 1.43 Å². The van der Waals surface area contributed by atoms with Crippen molar-refractivity contribution in [1.82, 2.24) is 0 Å². The maximum Gasteiger partial charge on any atom is 0 e. The van der Waals surface area contributed by atoms with Crippen LogP contribution in [-0.4, -0.2) is 0 Å². The Morgan fingerprint density at radius 2 is 2.00 bits per heavy atom. The fourth-order valence-corrected chi connectivity index (χ4v) is 0.946. The summed E-state index contributed by atoms with van der Waals surface area (Å²) in [6.45, 7) is 5.15. The molecule has 0 unspecified atom stereocenters. The molecule has 0 heterocycles. The zero-order valence-electron chi connectivity index (χ0n) is 5.41. The molecule has 0 spiro atoms. The summed E-state index contributed by atoms with van der Waals surface area (Å²) < 4.78 is 0. The van der Waals surface area contributed by atoms with Crippen molar-refractivity contribution in [2.45, 2.75) is 25.7 Å². The third kappa shape index (κ3) is 0.942. The smallest absolute Gasteiger partial charge is 0 e. The Hall–Kier alpha value is -0.480. The minimum Gasteiger partial charge on any atom is -0.121 e. The second-order valence-corrected chi connectivity index (χ2v) is 1.95. The summed E-state index contributed by atoms with van der Waals surface area (Å²) in [5.41, 5.74) is 4.00. The molecule has 38 valence electrons. The normalized spacial score (nSPS) is 19.7. The maximum absolute atomic E-state index is 5.15. The molecule has 0 heteroatoms. The van der Waals surface area contributed by atoms with Gasteiger partial charge in [-0.3, -0.25) is 0 Å². The Balaban J connectivity index is 0.000000490. The number of rotatable bonds is 0. The van der Waals surface area contributed by atoms with E-state index in [1.54, 1.807) is 0 Å². The van der Waals surface area contributed by atoms with Crippen LogP contribution in [0.5, 0.6) is 0 Å². The van der Waals surface area contributed by atoms with E-state index >= 15 is 0 Å². The van der Waals surface area contributed by atoms with E-state index in [0.717, 1.165) is 0 Å². The molecule has 0 N–H and O–H groups in total. The first kappa shape index (κ1) is 4.67. The van der Waals surface area contributed by atoms with E-state index in [4.69, 9.17) is 6.58 Å². The Morgan fingerprint density at radius 1 is 1.43 bits per heavy atom. The first-order valence-electron chi connectivity index (χ1n) is 2.75. The second-order valence-electron chi connectivity index (χ2n) is 1.95. The highest BCUT2D eigenvalue weighted by Gasteiger charge is 2.03. The molecule has 0 bridgehead atoms. The van der Waals surface area contributed by atoms with Gasteiger partial charge in [0.25, 0.3) is 0 Å². The maximum atomic E-state index is 5.15. The van der Waals surface area contributed by atoms with E-state index in [0.29, 0.717) is 0 Å². The van der Waals surface area contributed by atoms with Crippen LogP contribution in [0.1, 0.15) is 27.1 Å². The monoisotopic (exact) mass is 94.1 g/mol. The highest BCUT2D eigenvalue weighted by molar-refractivity contribution is 5.01. The van der Waals surface area contributed by atoms with Crippen LogP contribution in [0.4, 0.5) is 0 Å². The van der Waals surface area contributed by atoms with Crippen LogP contribution < -0.4 is 0 Å². The van der Waals surface area contributed by atoms with Crippen LogP contribution in [-0.2, 0) is 0 Å². The summed E-state index contributed by atoms with van der Waals surface area (Å²) in [7, 11) is 0. The van der Waals surface area contributed by atoms with Crippen LogP contribution in [0.15, 0.2) is 11.3 Å².